The molecular weight excluding hydrogens is 378 g/mol. The average molecular weight is 395 g/mol. The maximum Gasteiger partial charge on any atom is 0.211 e. The Hall–Kier alpha value is -0.430. The fourth-order valence-electron chi connectivity index (χ4n) is 2.59. The minimum Gasteiger partial charge on any atom is -0.294 e. The summed E-state index contributed by atoms with van der Waals surface area (Å²) in [6.45, 7) is 0.956. The molecule has 0 radical (unpaired) electrons. The van der Waals surface area contributed by atoms with Gasteiger partial charge in [-0.3, -0.25) is 4.79 Å². The van der Waals surface area contributed by atoms with Crippen molar-refractivity contribution in [1.82, 2.24) is 4.31 Å². The minimum absolute atomic E-state index is 0.0401. The lowest BCUT2D eigenvalue weighted by molar-refractivity contribution is 0.0942. The van der Waals surface area contributed by atoms with Gasteiger partial charge < -0.3 is 0 Å². The van der Waals surface area contributed by atoms with E-state index in [-0.39, 0.29) is 11.7 Å². The first kappa shape index (κ1) is 16.9. The number of hydrogen-bond donors (Lipinski definition) is 0. The standard InChI is InChI=1S/C14H17BrClNO3S/c1-21(19,20)17-7-3-4-10(9-17)8-13(18)11-5-2-6-12(15)14(11)16/h2,5-6,10H,3-4,7-9H2,1H3. The van der Waals surface area contributed by atoms with E-state index in [1.165, 1.54) is 10.6 Å². The van der Waals surface area contributed by atoms with Crippen molar-refractivity contribution in [2.45, 2.75) is 19.3 Å². The predicted octanol–water partition coefficient (Wildman–Crippen LogP) is 3.35. The van der Waals surface area contributed by atoms with Gasteiger partial charge in [-0.2, -0.15) is 0 Å². The van der Waals surface area contributed by atoms with Crippen molar-refractivity contribution in [2.75, 3.05) is 19.3 Å². The van der Waals surface area contributed by atoms with E-state index in [1.807, 2.05) is 0 Å². The summed E-state index contributed by atoms with van der Waals surface area (Å²) in [6, 6.07) is 5.25. The summed E-state index contributed by atoms with van der Waals surface area (Å²) in [5.41, 5.74) is 0.488. The quantitative estimate of drug-likeness (QED) is 0.736. The van der Waals surface area contributed by atoms with Crippen LogP contribution in [-0.4, -0.2) is 37.9 Å². The van der Waals surface area contributed by atoms with E-state index >= 15 is 0 Å². The normalized spacial score (nSPS) is 20.4. The second-order valence-corrected chi connectivity index (χ2v) is 8.57. The molecule has 1 heterocycles. The first-order valence-corrected chi connectivity index (χ1v) is 9.73. The fraction of sp³-hybridized carbons (Fsp3) is 0.500. The van der Waals surface area contributed by atoms with Crippen LogP contribution in [0.4, 0.5) is 0 Å². The molecule has 0 spiro atoms. The van der Waals surface area contributed by atoms with Crippen LogP contribution in [-0.2, 0) is 10.0 Å². The summed E-state index contributed by atoms with van der Waals surface area (Å²) in [4.78, 5) is 12.4. The number of piperidine rings is 1. The van der Waals surface area contributed by atoms with Crippen molar-refractivity contribution in [3.63, 3.8) is 0 Å². The molecule has 1 aliphatic rings. The largest absolute Gasteiger partial charge is 0.294 e. The van der Waals surface area contributed by atoms with Crippen LogP contribution >= 0.6 is 27.5 Å². The lowest BCUT2D eigenvalue weighted by atomic mass is 9.92. The molecule has 1 atom stereocenters. The van der Waals surface area contributed by atoms with E-state index in [2.05, 4.69) is 15.9 Å². The van der Waals surface area contributed by atoms with Gasteiger partial charge in [0.15, 0.2) is 5.78 Å². The Bertz CT molecular complexity index is 648. The minimum atomic E-state index is -3.19. The van der Waals surface area contributed by atoms with E-state index in [1.54, 1.807) is 18.2 Å². The van der Waals surface area contributed by atoms with Gasteiger partial charge in [0, 0.05) is 29.5 Å². The summed E-state index contributed by atoms with van der Waals surface area (Å²) >= 11 is 9.44. The molecule has 2 rings (SSSR count). The maximum atomic E-state index is 12.4. The lowest BCUT2D eigenvalue weighted by Gasteiger charge is -2.30. The molecule has 0 bridgehead atoms. The highest BCUT2D eigenvalue weighted by molar-refractivity contribution is 9.10. The van der Waals surface area contributed by atoms with Gasteiger partial charge in [0.2, 0.25) is 10.0 Å². The second-order valence-electron chi connectivity index (χ2n) is 5.36. The number of benzene rings is 1. The fourth-order valence-corrected chi connectivity index (χ4v) is 4.13. The number of sulfonamides is 1. The van der Waals surface area contributed by atoms with Crippen molar-refractivity contribution < 1.29 is 13.2 Å². The summed E-state index contributed by atoms with van der Waals surface area (Å²) in [5.74, 6) is 0.0117. The Morgan fingerprint density at radius 1 is 1.48 bits per heavy atom. The molecule has 116 valence electrons. The van der Waals surface area contributed by atoms with Gasteiger partial charge in [-0.25, -0.2) is 12.7 Å². The molecule has 21 heavy (non-hydrogen) atoms. The summed E-state index contributed by atoms with van der Waals surface area (Å²) in [5, 5.41) is 0.415. The first-order chi connectivity index (χ1) is 9.79. The van der Waals surface area contributed by atoms with Crippen LogP contribution in [0.25, 0.3) is 0 Å². The SMILES string of the molecule is CS(=O)(=O)N1CCCC(CC(=O)c2cccc(Br)c2Cl)C1. The molecule has 1 aromatic rings. The van der Waals surface area contributed by atoms with Crippen LogP contribution in [0, 0.1) is 5.92 Å². The Morgan fingerprint density at radius 3 is 2.86 bits per heavy atom. The van der Waals surface area contributed by atoms with Gasteiger partial charge in [0.1, 0.15) is 0 Å². The summed E-state index contributed by atoms with van der Waals surface area (Å²) in [6.07, 6.45) is 3.19. The number of carbonyl (C=O) groups excluding carboxylic acids is 1. The molecular formula is C14H17BrClNO3S. The number of Topliss-reactive ketones (excluding diaryl/α,β-unsaturated/α-hetero) is 1. The molecule has 1 aliphatic heterocycles. The highest BCUT2D eigenvalue weighted by Crippen LogP contribution is 2.29. The van der Waals surface area contributed by atoms with Crippen molar-refractivity contribution in [2.24, 2.45) is 5.92 Å². The van der Waals surface area contributed by atoms with Crippen LogP contribution in [0.15, 0.2) is 22.7 Å². The Labute approximate surface area is 138 Å². The van der Waals surface area contributed by atoms with Crippen molar-refractivity contribution in [1.29, 1.82) is 0 Å². The van der Waals surface area contributed by atoms with Gasteiger partial charge in [-0.1, -0.05) is 17.7 Å². The summed E-state index contributed by atoms with van der Waals surface area (Å²) in [7, 11) is -3.19. The molecule has 0 saturated carbocycles. The van der Waals surface area contributed by atoms with Crippen LogP contribution < -0.4 is 0 Å². The average Bonchev–Trinajstić information content (AvgIpc) is 2.41. The monoisotopic (exact) mass is 393 g/mol. The van der Waals surface area contributed by atoms with E-state index in [0.29, 0.717) is 34.6 Å². The number of halogens is 2. The molecule has 7 heteroatoms. The first-order valence-electron chi connectivity index (χ1n) is 6.71. The smallest absolute Gasteiger partial charge is 0.211 e. The Morgan fingerprint density at radius 2 is 2.19 bits per heavy atom. The highest BCUT2D eigenvalue weighted by Gasteiger charge is 2.28. The Balaban J connectivity index is 2.08. The van der Waals surface area contributed by atoms with Gasteiger partial charge >= 0.3 is 0 Å². The molecule has 0 N–H and O–H groups in total. The molecule has 1 fully saturated rings. The van der Waals surface area contributed by atoms with Crippen molar-refractivity contribution >= 4 is 43.3 Å². The van der Waals surface area contributed by atoms with Gasteiger partial charge in [0.05, 0.1) is 11.3 Å². The zero-order valence-electron chi connectivity index (χ0n) is 11.7. The van der Waals surface area contributed by atoms with E-state index in [4.69, 9.17) is 11.6 Å². The van der Waals surface area contributed by atoms with Gasteiger partial charge in [0.25, 0.3) is 0 Å². The zero-order chi connectivity index (χ0) is 15.6. The summed E-state index contributed by atoms with van der Waals surface area (Å²) < 4.78 is 25.3. The molecule has 1 aromatic carbocycles. The third kappa shape index (κ3) is 4.28. The van der Waals surface area contributed by atoms with Crippen LogP contribution in [0.3, 0.4) is 0 Å². The van der Waals surface area contributed by atoms with Gasteiger partial charge in [-0.15, -0.1) is 0 Å². The van der Waals surface area contributed by atoms with Crippen molar-refractivity contribution in [3.05, 3.63) is 33.3 Å². The van der Waals surface area contributed by atoms with Crippen molar-refractivity contribution in [3.8, 4) is 0 Å². The topological polar surface area (TPSA) is 54.5 Å². The number of carbonyl (C=O) groups is 1. The Kier molecular flexibility index (Phi) is 5.46. The third-order valence-corrected chi connectivity index (χ3v) is 6.24. The molecule has 1 unspecified atom stereocenters. The van der Waals surface area contributed by atoms with Crippen LogP contribution in [0.2, 0.25) is 5.02 Å². The maximum absolute atomic E-state index is 12.4. The van der Waals surface area contributed by atoms with E-state index in [9.17, 15) is 13.2 Å². The van der Waals surface area contributed by atoms with E-state index < -0.39 is 10.0 Å². The second kappa shape index (κ2) is 6.77. The molecule has 0 aliphatic carbocycles. The van der Waals surface area contributed by atoms with E-state index in [0.717, 1.165) is 12.8 Å². The molecule has 1 saturated heterocycles. The predicted molar refractivity (Wildman–Crippen MR) is 87.2 cm³/mol. The third-order valence-electron chi connectivity index (χ3n) is 3.68. The number of hydrogen-bond acceptors (Lipinski definition) is 3. The number of ketones is 1. The number of nitrogens with zero attached hydrogens (tertiary/aromatic N) is 1. The zero-order valence-corrected chi connectivity index (χ0v) is 14.8. The number of rotatable bonds is 4. The van der Waals surface area contributed by atoms with Crippen LogP contribution in [0.1, 0.15) is 29.6 Å². The molecule has 4 nitrogen and oxygen atoms in total. The van der Waals surface area contributed by atoms with Gasteiger partial charge in [-0.05, 0) is 46.8 Å². The highest BCUT2D eigenvalue weighted by atomic mass is 79.9. The molecule has 0 amide bonds. The lowest BCUT2D eigenvalue weighted by Crippen LogP contribution is -2.39. The molecule has 0 aromatic heterocycles. The van der Waals surface area contributed by atoms with Crippen LogP contribution in [0.5, 0.6) is 0 Å².